The summed E-state index contributed by atoms with van der Waals surface area (Å²) in [6.07, 6.45) is 2.96. The molecule has 0 aliphatic heterocycles. The average Bonchev–Trinajstić information content (AvgIpc) is 3.59. The lowest BCUT2D eigenvalue weighted by molar-refractivity contribution is -0.118. The van der Waals surface area contributed by atoms with Crippen LogP contribution in [-0.2, 0) is 11.3 Å². The van der Waals surface area contributed by atoms with Crippen LogP contribution in [0.25, 0.3) is 22.4 Å². The minimum Gasteiger partial charge on any atom is -0.444 e. The van der Waals surface area contributed by atoms with Crippen molar-refractivity contribution in [2.24, 2.45) is 5.73 Å². The van der Waals surface area contributed by atoms with E-state index in [4.69, 9.17) is 10.2 Å². The van der Waals surface area contributed by atoms with E-state index >= 15 is 0 Å². The molecule has 5 aromatic rings. The second-order valence-electron chi connectivity index (χ2n) is 8.55. The molecule has 2 aromatic heterocycles. The summed E-state index contributed by atoms with van der Waals surface area (Å²) in [4.78, 5) is 45.6. The molecule has 0 aliphatic rings. The molecule has 0 bridgehead atoms. The molecule has 0 unspecified atom stereocenters. The number of anilines is 2. The molecule has 0 radical (unpaired) electrons. The molecular formula is C28H24N6O4. The maximum absolute atomic E-state index is 13.1. The lowest BCUT2D eigenvalue weighted by atomic mass is 10.1. The van der Waals surface area contributed by atoms with Crippen LogP contribution in [0.1, 0.15) is 27.1 Å². The Hall–Kier alpha value is -5.25. The van der Waals surface area contributed by atoms with Crippen LogP contribution in [0.15, 0.2) is 89.8 Å². The molecule has 0 aliphatic carbocycles. The van der Waals surface area contributed by atoms with Crippen LogP contribution in [-0.4, -0.2) is 38.7 Å². The first-order valence-electron chi connectivity index (χ1n) is 11.9. The molecule has 10 nitrogen and oxygen atoms in total. The van der Waals surface area contributed by atoms with Gasteiger partial charge in [-0.3, -0.25) is 19.7 Å². The summed E-state index contributed by atoms with van der Waals surface area (Å²) in [5, 5.41) is 5.97. The number of carbonyl (C=O) groups excluding carboxylic acids is 3. The molecule has 2 heterocycles. The van der Waals surface area contributed by atoms with Crippen molar-refractivity contribution in [1.82, 2.24) is 14.5 Å². The standard InChI is InChI=1S/C28H24N6O4/c29-26(36)11-12-34-23-10-9-21(31-15-24(35)18-5-2-1-3-6-18)14-22(23)32-28(34)33-27(37)20-8-4-7-19(13-20)25-16-30-17-38-25/h1-10,13-14,16-17,31H,11-12,15H2,(H2,29,36)(H,32,33,37). The molecule has 0 fully saturated rings. The molecule has 10 heteroatoms. The Morgan fingerprint density at radius 1 is 0.947 bits per heavy atom. The molecular weight excluding hydrogens is 484 g/mol. The van der Waals surface area contributed by atoms with Gasteiger partial charge in [-0.25, -0.2) is 9.97 Å². The van der Waals surface area contributed by atoms with Crippen molar-refractivity contribution in [1.29, 1.82) is 0 Å². The molecule has 0 saturated heterocycles. The monoisotopic (exact) mass is 508 g/mol. The van der Waals surface area contributed by atoms with Crippen LogP contribution in [0, 0.1) is 0 Å². The number of aryl methyl sites for hydroxylation is 1. The van der Waals surface area contributed by atoms with Gasteiger partial charge < -0.3 is 20.0 Å². The van der Waals surface area contributed by atoms with E-state index in [1.165, 1.54) is 6.39 Å². The number of ketones is 1. The van der Waals surface area contributed by atoms with Gasteiger partial charge in [0.2, 0.25) is 11.9 Å². The largest absolute Gasteiger partial charge is 0.444 e. The highest BCUT2D eigenvalue weighted by Gasteiger charge is 2.17. The number of nitrogens with zero attached hydrogens (tertiary/aromatic N) is 3. The number of imidazole rings is 1. The van der Waals surface area contributed by atoms with Crippen molar-refractivity contribution in [3.05, 3.63) is 96.5 Å². The maximum atomic E-state index is 13.1. The number of oxazole rings is 1. The van der Waals surface area contributed by atoms with Gasteiger partial charge >= 0.3 is 0 Å². The fourth-order valence-corrected chi connectivity index (χ4v) is 4.04. The summed E-state index contributed by atoms with van der Waals surface area (Å²) in [6, 6.07) is 21.4. The third kappa shape index (κ3) is 5.44. The second-order valence-corrected chi connectivity index (χ2v) is 8.55. The zero-order valence-electron chi connectivity index (χ0n) is 20.3. The van der Waals surface area contributed by atoms with E-state index in [9.17, 15) is 14.4 Å². The average molecular weight is 509 g/mol. The molecule has 190 valence electrons. The van der Waals surface area contributed by atoms with E-state index in [1.807, 2.05) is 36.4 Å². The smallest absolute Gasteiger partial charge is 0.257 e. The molecule has 0 atom stereocenters. The number of fused-ring (bicyclic) bond motifs is 1. The topological polar surface area (TPSA) is 145 Å². The fraction of sp³-hybridized carbons (Fsp3) is 0.107. The number of aromatic nitrogens is 3. The van der Waals surface area contributed by atoms with Crippen LogP contribution < -0.4 is 16.4 Å². The molecule has 38 heavy (non-hydrogen) atoms. The summed E-state index contributed by atoms with van der Waals surface area (Å²) >= 11 is 0. The summed E-state index contributed by atoms with van der Waals surface area (Å²) in [5.74, 6) is -0.0819. The molecule has 4 N–H and O–H groups in total. The zero-order valence-corrected chi connectivity index (χ0v) is 20.3. The fourth-order valence-electron chi connectivity index (χ4n) is 4.04. The van der Waals surface area contributed by atoms with Crippen LogP contribution >= 0.6 is 0 Å². The van der Waals surface area contributed by atoms with E-state index in [1.54, 1.807) is 47.2 Å². The molecule has 5 rings (SSSR count). The third-order valence-electron chi connectivity index (χ3n) is 5.95. The summed E-state index contributed by atoms with van der Waals surface area (Å²) < 4.78 is 7.06. The number of hydrogen-bond donors (Lipinski definition) is 3. The van der Waals surface area contributed by atoms with Crippen LogP contribution in [0.3, 0.4) is 0 Å². The highest BCUT2D eigenvalue weighted by molar-refractivity contribution is 6.05. The quantitative estimate of drug-likeness (QED) is 0.241. The normalized spacial score (nSPS) is 10.8. The van der Waals surface area contributed by atoms with Gasteiger partial charge in [0, 0.05) is 35.3 Å². The van der Waals surface area contributed by atoms with Gasteiger partial charge in [0.05, 0.1) is 23.8 Å². The van der Waals surface area contributed by atoms with E-state index < -0.39 is 5.91 Å². The Kier molecular flexibility index (Phi) is 6.94. The van der Waals surface area contributed by atoms with Gasteiger partial charge in [-0.2, -0.15) is 0 Å². The number of Topliss-reactive ketones (excluding diaryl/α,β-unsaturated/α-hetero) is 1. The Morgan fingerprint density at radius 2 is 1.76 bits per heavy atom. The number of hydrogen-bond acceptors (Lipinski definition) is 7. The van der Waals surface area contributed by atoms with Gasteiger partial charge in [-0.15, -0.1) is 0 Å². The number of amides is 2. The van der Waals surface area contributed by atoms with Gasteiger partial charge in [0.1, 0.15) is 0 Å². The molecule has 0 spiro atoms. The highest BCUT2D eigenvalue weighted by atomic mass is 16.3. The zero-order chi connectivity index (χ0) is 26.5. The highest BCUT2D eigenvalue weighted by Crippen LogP contribution is 2.25. The Morgan fingerprint density at radius 3 is 2.53 bits per heavy atom. The van der Waals surface area contributed by atoms with E-state index in [0.29, 0.717) is 39.2 Å². The predicted octanol–water partition coefficient (Wildman–Crippen LogP) is 4.11. The van der Waals surface area contributed by atoms with Crippen molar-refractivity contribution in [2.45, 2.75) is 13.0 Å². The Balaban J connectivity index is 1.39. The van der Waals surface area contributed by atoms with Gasteiger partial charge in [0.25, 0.3) is 5.91 Å². The van der Waals surface area contributed by atoms with Crippen molar-refractivity contribution in [3.63, 3.8) is 0 Å². The van der Waals surface area contributed by atoms with E-state index in [0.717, 1.165) is 0 Å². The summed E-state index contributed by atoms with van der Waals surface area (Å²) in [7, 11) is 0. The van der Waals surface area contributed by atoms with Crippen molar-refractivity contribution in [2.75, 3.05) is 17.2 Å². The molecule has 0 saturated carbocycles. The number of carbonyl (C=O) groups is 3. The van der Waals surface area contributed by atoms with Crippen LogP contribution in [0.4, 0.5) is 11.6 Å². The second kappa shape index (κ2) is 10.8. The lowest BCUT2D eigenvalue weighted by Crippen LogP contribution is -2.18. The first kappa shape index (κ1) is 24.4. The third-order valence-corrected chi connectivity index (χ3v) is 5.95. The molecule has 2 amide bonds. The van der Waals surface area contributed by atoms with Crippen molar-refractivity contribution < 1.29 is 18.8 Å². The first-order chi connectivity index (χ1) is 18.5. The molecule has 3 aromatic carbocycles. The first-order valence-corrected chi connectivity index (χ1v) is 11.9. The summed E-state index contributed by atoms with van der Waals surface area (Å²) in [6.45, 7) is 0.349. The van der Waals surface area contributed by atoms with Gasteiger partial charge in [0.15, 0.2) is 17.9 Å². The van der Waals surface area contributed by atoms with E-state index in [2.05, 4.69) is 20.6 Å². The minimum atomic E-state index is -0.471. The predicted molar refractivity (Wildman–Crippen MR) is 143 cm³/mol. The Labute approximate surface area is 217 Å². The van der Waals surface area contributed by atoms with Gasteiger partial charge in [-0.1, -0.05) is 42.5 Å². The SMILES string of the molecule is NC(=O)CCn1c(NC(=O)c2cccc(-c3cnco3)c2)nc2cc(NCC(=O)c3ccccc3)ccc21. The maximum Gasteiger partial charge on any atom is 0.257 e. The van der Waals surface area contributed by atoms with Gasteiger partial charge in [-0.05, 0) is 30.3 Å². The lowest BCUT2D eigenvalue weighted by Gasteiger charge is -2.10. The number of primary amides is 1. The number of nitrogens with one attached hydrogen (secondary N) is 2. The number of benzene rings is 3. The van der Waals surface area contributed by atoms with Crippen molar-refractivity contribution in [3.8, 4) is 11.3 Å². The van der Waals surface area contributed by atoms with E-state index in [-0.39, 0.29) is 37.1 Å². The minimum absolute atomic E-state index is 0.0433. The van der Waals surface area contributed by atoms with Crippen LogP contribution in [0.5, 0.6) is 0 Å². The number of nitrogens with two attached hydrogens (primary N) is 1. The van der Waals surface area contributed by atoms with Crippen LogP contribution in [0.2, 0.25) is 0 Å². The number of rotatable bonds is 10. The summed E-state index contributed by atoms with van der Waals surface area (Å²) in [5.41, 5.74) is 9.09. The van der Waals surface area contributed by atoms with Crippen molar-refractivity contribution >= 4 is 40.3 Å². The Bertz CT molecular complexity index is 1610.